The van der Waals surface area contributed by atoms with E-state index in [0.29, 0.717) is 5.56 Å². The number of alkyl halides is 2. The molecule has 0 aliphatic rings. The van der Waals surface area contributed by atoms with E-state index >= 15 is 0 Å². The molecule has 3 rings (SSSR count). The number of halogens is 4. The van der Waals surface area contributed by atoms with E-state index in [4.69, 9.17) is 11.6 Å². The standard InChI is InChI=1S/C16H10ClF3N2O2/c17-12-6-10(18)3-1-9(12)7-22-13-5-8(15(19)20)2-4-11(13)14(21-22)16(23)24/h1-6,15H,7H2,(H,23,24). The van der Waals surface area contributed by atoms with Crippen LogP contribution in [0.1, 0.15) is 28.0 Å². The number of carboxylic acids is 1. The number of hydrogen-bond acceptors (Lipinski definition) is 2. The van der Waals surface area contributed by atoms with Crippen molar-refractivity contribution < 1.29 is 23.1 Å². The third kappa shape index (κ3) is 2.94. The maximum absolute atomic E-state index is 13.1. The third-order valence-electron chi connectivity index (χ3n) is 3.57. The zero-order chi connectivity index (χ0) is 17.4. The van der Waals surface area contributed by atoms with Gasteiger partial charge in [-0.1, -0.05) is 23.7 Å². The average Bonchev–Trinajstić information content (AvgIpc) is 2.88. The highest BCUT2D eigenvalue weighted by Gasteiger charge is 2.19. The summed E-state index contributed by atoms with van der Waals surface area (Å²) >= 11 is 5.96. The molecule has 0 unspecified atom stereocenters. The molecule has 3 aromatic rings. The predicted octanol–water partition coefficient (Wildman–Crippen LogP) is 4.51. The Hall–Kier alpha value is -2.54. The van der Waals surface area contributed by atoms with Crippen molar-refractivity contribution in [3.8, 4) is 0 Å². The van der Waals surface area contributed by atoms with Gasteiger partial charge in [-0.2, -0.15) is 5.10 Å². The van der Waals surface area contributed by atoms with Gasteiger partial charge in [0.25, 0.3) is 6.43 Å². The number of hydrogen-bond donors (Lipinski definition) is 1. The van der Waals surface area contributed by atoms with Crippen molar-refractivity contribution in [2.24, 2.45) is 0 Å². The zero-order valence-electron chi connectivity index (χ0n) is 12.0. The van der Waals surface area contributed by atoms with Gasteiger partial charge < -0.3 is 5.11 Å². The van der Waals surface area contributed by atoms with Crippen molar-refractivity contribution in [3.63, 3.8) is 0 Å². The predicted molar refractivity (Wildman–Crippen MR) is 82.2 cm³/mol. The molecular formula is C16H10ClF3N2O2. The largest absolute Gasteiger partial charge is 0.476 e. The lowest BCUT2D eigenvalue weighted by Crippen LogP contribution is -2.05. The first kappa shape index (κ1) is 16.3. The monoisotopic (exact) mass is 354 g/mol. The number of carbonyl (C=O) groups is 1. The van der Waals surface area contributed by atoms with Crippen LogP contribution in [-0.2, 0) is 6.54 Å². The molecule has 0 aliphatic heterocycles. The maximum Gasteiger partial charge on any atom is 0.357 e. The molecule has 0 fully saturated rings. The summed E-state index contributed by atoms with van der Waals surface area (Å²) in [5.41, 5.74) is 0.238. The SMILES string of the molecule is O=C(O)c1nn(Cc2ccc(F)cc2Cl)c2cc(C(F)F)ccc12. The van der Waals surface area contributed by atoms with Crippen molar-refractivity contribution in [1.29, 1.82) is 0 Å². The van der Waals surface area contributed by atoms with Crippen molar-refractivity contribution in [3.05, 3.63) is 64.1 Å². The molecular weight excluding hydrogens is 345 g/mol. The lowest BCUT2D eigenvalue weighted by atomic mass is 10.1. The molecule has 8 heteroatoms. The first-order valence-electron chi connectivity index (χ1n) is 6.82. The molecule has 1 N–H and O–H groups in total. The maximum atomic E-state index is 13.1. The van der Waals surface area contributed by atoms with Gasteiger partial charge in [-0.15, -0.1) is 0 Å². The number of carboxylic acid groups (broad SMARTS) is 1. The first-order chi connectivity index (χ1) is 11.4. The van der Waals surface area contributed by atoms with Crippen LogP contribution in [0, 0.1) is 5.82 Å². The number of rotatable bonds is 4. The molecule has 1 aromatic heterocycles. The Bertz CT molecular complexity index is 940. The molecule has 2 aromatic carbocycles. The Balaban J connectivity index is 2.15. The first-order valence-corrected chi connectivity index (χ1v) is 7.20. The smallest absolute Gasteiger partial charge is 0.357 e. The van der Waals surface area contributed by atoms with E-state index in [1.165, 1.54) is 28.9 Å². The van der Waals surface area contributed by atoms with Crippen LogP contribution in [0.15, 0.2) is 36.4 Å². The van der Waals surface area contributed by atoms with Crippen LogP contribution in [0.25, 0.3) is 10.9 Å². The lowest BCUT2D eigenvalue weighted by molar-refractivity contribution is 0.0691. The lowest BCUT2D eigenvalue weighted by Gasteiger charge is -2.07. The minimum absolute atomic E-state index is 0.0234. The van der Waals surface area contributed by atoms with Gasteiger partial charge in [0.15, 0.2) is 5.69 Å². The van der Waals surface area contributed by atoms with Crippen LogP contribution in [0.3, 0.4) is 0 Å². The van der Waals surface area contributed by atoms with E-state index < -0.39 is 18.2 Å². The normalized spacial score (nSPS) is 11.4. The van der Waals surface area contributed by atoms with Crippen molar-refractivity contribution >= 4 is 28.5 Å². The highest BCUT2D eigenvalue weighted by atomic mass is 35.5. The molecule has 0 bridgehead atoms. The molecule has 124 valence electrons. The van der Waals surface area contributed by atoms with Gasteiger partial charge >= 0.3 is 5.97 Å². The molecule has 24 heavy (non-hydrogen) atoms. The Morgan fingerprint density at radius 2 is 2.00 bits per heavy atom. The van der Waals surface area contributed by atoms with Gasteiger partial charge in [0.1, 0.15) is 5.82 Å². The van der Waals surface area contributed by atoms with E-state index in [0.717, 1.165) is 12.1 Å². The average molecular weight is 355 g/mol. The Morgan fingerprint density at radius 1 is 1.25 bits per heavy atom. The molecule has 4 nitrogen and oxygen atoms in total. The van der Waals surface area contributed by atoms with Gasteiger partial charge in [-0.05, 0) is 29.8 Å². The van der Waals surface area contributed by atoms with Crippen LogP contribution in [0.4, 0.5) is 13.2 Å². The molecule has 0 radical (unpaired) electrons. The fraction of sp³-hybridized carbons (Fsp3) is 0.125. The second kappa shape index (κ2) is 6.16. The van der Waals surface area contributed by atoms with E-state index in [2.05, 4.69) is 5.10 Å². The summed E-state index contributed by atoms with van der Waals surface area (Å²) in [6.45, 7) is 0.0234. The highest BCUT2D eigenvalue weighted by molar-refractivity contribution is 6.31. The van der Waals surface area contributed by atoms with Crippen LogP contribution in [0.2, 0.25) is 5.02 Å². The molecule has 1 heterocycles. The van der Waals surface area contributed by atoms with Crippen molar-refractivity contribution in [1.82, 2.24) is 9.78 Å². The number of aromatic carboxylic acids is 1. The molecule has 0 amide bonds. The Morgan fingerprint density at radius 3 is 2.62 bits per heavy atom. The summed E-state index contributed by atoms with van der Waals surface area (Å²) in [5.74, 6) is -1.78. The number of nitrogens with zero attached hydrogens (tertiary/aromatic N) is 2. The van der Waals surface area contributed by atoms with Crippen LogP contribution >= 0.6 is 11.6 Å². The van der Waals surface area contributed by atoms with Crippen molar-refractivity contribution in [2.75, 3.05) is 0 Å². The minimum atomic E-state index is -2.69. The Kier molecular flexibility index (Phi) is 4.19. The van der Waals surface area contributed by atoms with Gasteiger partial charge in [-0.25, -0.2) is 18.0 Å². The van der Waals surface area contributed by atoms with E-state index in [1.54, 1.807) is 0 Å². The second-order valence-corrected chi connectivity index (χ2v) is 5.53. The number of aromatic nitrogens is 2. The topological polar surface area (TPSA) is 55.1 Å². The Labute approximate surface area is 139 Å². The molecule has 0 aliphatic carbocycles. The summed E-state index contributed by atoms with van der Waals surface area (Å²) in [6, 6.07) is 7.41. The fourth-order valence-corrected chi connectivity index (χ4v) is 2.64. The summed E-state index contributed by atoms with van der Waals surface area (Å²) in [4.78, 5) is 11.3. The fourth-order valence-electron chi connectivity index (χ4n) is 2.42. The molecule has 0 saturated carbocycles. The summed E-state index contributed by atoms with van der Waals surface area (Å²) in [7, 11) is 0. The summed E-state index contributed by atoms with van der Waals surface area (Å²) in [5, 5.41) is 13.6. The van der Waals surface area contributed by atoms with Gasteiger partial charge in [0.2, 0.25) is 0 Å². The van der Waals surface area contributed by atoms with E-state index in [1.807, 2.05) is 0 Å². The van der Waals surface area contributed by atoms with Crippen LogP contribution < -0.4 is 0 Å². The number of benzene rings is 2. The van der Waals surface area contributed by atoms with Crippen molar-refractivity contribution in [2.45, 2.75) is 13.0 Å². The summed E-state index contributed by atoms with van der Waals surface area (Å²) in [6.07, 6.45) is -2.69. The zero-order valence-corrected chi connectivity index (χ0v) is 12.8. The molecule has 0 spiro atoms. The van der Waals surface area contributed by atoms with Crippen LogP contribution in [-0.4, -0.2) is 20.9 Å². The minimum Gasteiger partial charge on any atom is -0.476 e. The van der Waals surface area contributed by atoms with E-state index in [-0.39, 0.29) is 33.7 Å². The molecule has 0 atom stereocenters. The third-order valence-corrected chi connectivity index (χ3v) is 3.92. The van der Waals surface area contributed by atoms with Gasteiger partial charge in [-0.3, -0.25) is 4.68 Å². The molecule has 0 saturated heterocycles. The van der Waals surface area contributed by atoms with Gasteiger partial charge in [0.05, 0.1) is 12.1 Å². The second-order valence-electron chi connectivity index (χ2n) is 5.12. The van der Waals surface area contributed by atoms with E-state index in [9.17, 15) is 23.1 Å². The van der Waals surface area contributed by atoms with Gasteiger partial charge in [0, 0.05) is 16.0 Å². The quantitative estimate of drug-likeness (QED) is 0.749. The number of fused-ring (bicyclic) bond motifs is 1. The highest BCUT2D eigenvalue weighted by Crippen LogP contribution is 2.27. The van der Waals surface area contributed by atoms with Crippen LogP contribution in [0.5, 0.6) is 0 Å². The summed E-state index contributed by atoms with van der Waals surface area (Å²) < 4.78 is 40.2.